The van der Waals surface area contributed by atoms with Crippen molar-refractivity contribution in [2.75, 3.05) is 5.32 Å². The number of pyridine rings is 1. The van der Waals surface area contributed by atoms with Crippen molar-refractivity contribution in [1.29, 1.82) is 0 Å². The number of carboxylic acid groups (broad SMARTS) is 1. The summed E-state index contributed by atoms with van der Waals surface area (Å²) in [5, 5.41) is 12.0. The Labute approximate surface area is 124 Å². The molecule has 1 aromatic rings. The van der Waals surface area contributed by atoms with Crippen LogP contribution in [-0.2, 0) is 11.0 Å². The molecule has 8 heteroatoms. The Morgan fingerprint density at radius 3 is 2.76 bits per heavy atom. The highest BCUT2D eigenvalue weighted by Crippen LogP contribution is 2.41. The second-order valence-electron chi connectivity index (χ2n) is 5.36. The first-order valence-electron chi connectivity index (χ1n) is 6.37. The van der Waals surface area contributed by atoms with Gasteiger partial charge in [0.15, 0.2) is 0 Å². The number of carbonyl (C=O) groups is 1. The number of nitrogens with one attached hydrogen (secondary N) is 1. The molecule has 2 N–H and O–H groups in total. The number of anilines is 1. The van der Waals surface area contributed by atoms with Crippen molar-refractivity contribution in [2.45, 2.75) is 38.4 Å². The van der Waals surface area contributed by atoms with Crippen LogP contribution in [-0.4, -0.2) is 22.1 Å². The van der Waals surface area contributed by atoms with E-state index >= 15 is 0 Å². The van der Waals surface area contributed by atoms with E-state index in [1.54, 1.807) is 6.92 Å². The van der Waals surface area contributed by atoms with Crippen LogP contribution in [0.25, 0.3) is 0 Å². The number of aromatic nitrogens is 1. The predicted octanol–water partition coefficient (Wildman–Crippen LogP) is 3.81. The van der Waals surface area contributed by atoms with Crippen molar-refractivity contribution in [3.8, 4) is 0 Å². The van der Waals surface area contributed by atoms with E-state index in [-0.39, 0.29) is 10.8 Å². The highest BCUT2D eigenvalue weighted by molar-refractivity contribution is 6.33. The normalized spacial score (nSPS) is 25.9. The minimum absolute atomic E-state index is 0.0732. The molecular weight excluding hydrogens is 309 g/mol. The van der Waals surface area contributed by atoms with Crippen molar-refractivity contribution in [3.63, 3.8) is 0 Å². The summed E-state index contributed by atoms with van der Waals surface area (Å²) in [5.41, 5.74) is -1.92. The molecule has 4 nitrogen and oxygen atoms in total. The molecule has 2 atom stereocenters. The third-order valence-electron chi connectivity index (χ3n) is 3.93. The monoisotopic (exact) mass is 322 g/mol. The molecule has 2 rings (SSSR count). The standard InChI is InChI=1S/C13H14ClF3N2O2/c1-12(11(20)21)4-2-3-9(12)19-10-8(14)5-7(6-18-10)13(15,16)17/h5-6,9H,2-4H2,1H3,(H,18,19)(H,20,21). The Bertz CT molecular complexity index is 565. The maximum atomic E-state index is 12.5. The quantitative estimate of drug-likeness (QED) is 0.888. The fourth-order valence-electron chi connectivity index (χ4n) is 2.52. The van der Waals surface area contributed by atoms with Crippen LogP contribution < -0.4 is 5.32 Å². The molecule has 116 valence electrons. The van der Waals surface area contributed by atoms with Crippen LogP contribution in [0.1, 0.15) is 31.7 Å². The van der Waals surface area contributed by atoms with Crippen molar-refractivity contribution in [3.05, 3.63) is 22.8 Å². The molecule has 0 aliphatic heterocycles. The first kappa shape index (κ1) is 15.9. The molecule has 0 bridgehead atoms. The van der Waals surface area contributed by atoms with Gasteiger partial charge in [-0.1, -0.05) is 18.0 Å². The number of carboxylic acids is 1. The second-order valence-corrected chi connectivity index (χ2v) is 5.77. The molecule has 0 amide bonds. The topological polar surface area (TPSA) is 62.2 Å². The number of hydrogen-bond donors (Lipinski definition) is 2. The summed E-state index contributed by atoms with van der Waals surface area (Å²) >= 11 is 5.81. The highest BCUT2D eigenvalue weighted by Gasteiger charge is 2.45. The summed E-state index contributed by atoms with van der Waals surface area (Å²) in [5.74, 6) is -0.871. The number of hydrogen-bond acceptors (Lipinski definition) is 3. The van der Waals surface area contributed by atoms with E-state index in [1.807, 2.05) is 0 Å². The van der Waals surface area contributed by atoms with Gasteiger partial charge in [0.1, 0.15) is 5.82 Å². The third kappa shape index (κ3) is 3.07. The van der Waals surface area contributed by atoms with Crippen LogP contribution in [0.3, 0.4) is 0 Å². The first-order chi connectivity index (χ1) is 9.64. The minimum atomic E-state index is -4.52. The Hall–Kier alpha value is -1.50. The van der Waals surface area contributed by atoms with Gasteiger partial charge in [-0.25, -0.2) is 4.98 Å². The van der Waals surface area contributed by atoms with E-state index in [1.165, 1.54) is 0 Å². The van der Waals surface area contributed by atoms with Crippen LogP contribution in [0, 0.1) is 5.41 Å². The predicted molar refractivity (Wildman–Crippen MR) is 71.3 cm³/mol. The Balaban J connectivity index is 2.23. The lowest BCUT2D eigenvalue weighted by Gasteiger charge is -2.28. The molecule has 0 radical (unpaired) electrons. The molecule has 0 saturated heterocycles. The number of alkyl halides is 3. The minimum Gasteiger partial charge on any atom is -0.481 e. The molecule has 1 aliphatic rings. The number of aliphatic carboxylic acids is 1. The van der Waals surface area contributed by atoms with Gasteiger partial charge >= 0.3 is 12.1 Å². The summed E-state index contributed by atoms with van der Waals surface area (Å²) in [6, 6.07) is 0.362. The fraction of sp³-hybridized carbons (Fsp3) is 0.538. The van der Waals surface area contributed by atoms with Crippen molar-refractivity contribution >= 4 is 23.4 Å². The lowest BCUT2D eigenvalue weighted by molar-refractivity contribution is -0.148. The number of nitrogens with zero attached hydrogens (tertiary/aromatic N) is 1. The van der Waals surface area contributed by atoms with E-state index in [9.17, 15) is 23.1 Å². The van der Waals surface area contributed by atoms with Crippen molar-refractivity contribution in [2.24, 2.45) is 5.41 Å². The van der Waals surface area contributed by atoms with Gasteiger partial charge in [0.2, 0.25) is 0 Å². The molecule has 21 heavy (non-hydrogen) atoms. The van der Waals surface area contributed by atoms with Crippen LogP contribution >= 0.6 is 11.6 Å². The molecule has 1 fully saturated rings. The van der Waals surface area contributed by atoms with Gasteiger partial charge in [-0.2, -0.15) is 13.2 Å². The maximum Gasteiger partial charge on any atom is 0.417 e. The first-order valence-corrected chi connectivity index (χ1v) is 6.75. The van der Waals surface area contributed by atoms with E-state index in [0.717, 1.165) is 12.5 Å². The second kappa shape index (κ2) is 5.36. The summed E-state index contributed by atoms with van der Waals surface area (Å²) in [6.07, 6.45) is -2.02. The summed E-state index contributed by atoms with van der Waals surface area (Å²) in [4.78, 5) is 15.0. The zero-order valence-corrected chi connectivity index (χ0v) is 11.9. The summed E-state index contributed by atoms with van der Waals surface area (Å²) in [6.45, 7) is 1.61. The van der Waals surface area contributed by atoms with Crippen LogP contribution in [0.15, 0.2) is 12.3 Å². The average Bonchev–Trinajstić information content (AvgIpc) is 2.73. The lowest BCUT2D eigenvalue weighted by atomic mass is 9.85. The van der Waals surface area contributed by atoms with Crippen molar-refractivity contribution in [1.82, 2.24) is 4.98 Å². The van der Waals surface area contributed by atoms with Crippen LogP contribution in [0.5, 0.6) is 0 Å². The summed E-state index contributed by atoms with van der Waals surface area (Å²) < 4.78 is 37.6. The molecule has 1 heterocycles. The van der Waals surface area contributed by atoms with E-state index < -0.39 is 29.2 Å². The van der Waals surface area contributed by atoms with Gasteiger partial charge < -0.3 is 10.4 Å². The van der Waals surface area contributed by atoms with Crippen molar-refractivity contribution < 1.29 is 23.1 Å². The number of rotatable bonds is 3. The molecular formula is C13H14ClF3N2O2. The van der Waals surface area contributed by atoms with Gasteiger partial charge in [-0.3, -0.25) is 4.79 Å². The van der Waals surface area contributed by atoms with Gasteiger partial charge in [0, 0.05) is 12.2 Å². The molecule has 0 spiro atoms. The Kier molecular flexibility index (Phi) is 4.06. The zero-order chi connectivity index (χ0) is 15.8. The molecule has 1 aliphatic carbocycles. The maximum absolute atomic E-state index is 12.5. The average molecular weight is 323 g/mol. The summed E-state index contributed by atoms with van der Waals surface area (Å²) in [7, 11) is 0. The van der Waals surface area contributed by atoms with Gasteiger partial charge in [-0.05, 0) is 25.8 Å². The Morgan fingerprint density at radius 1 is 1.57 bits per heavy atom. The van der Waals surface area contributed by atoms with Gasteiger partial charge in [0.25, 0.3) is 0 Å². The van der Waals surface area contributed by atoms with Gasteiger partial charge in [0.05, 0.1) is 16.0 Å². The largest absolute Gasteiger partial charge is 0.481 e. The van der Waals surface area contributed by atoms with E-state index in [4.69, 9.17) is 11.6 Å². The van der Waals surface area contributed by atoms with Crippen LogP contribution in [0.2, 0.25) is 5.02 Å². The van der Waals surface area contributed by atoms with E-state index in [0.29, 0.717) is 19.0 Å². The van der Waals surface area contributed by atoms with Gasteiger partial charge in [-0.15, -0.1) is 0 Å². The highest BCUT2D eigenvalue weighted by atomic mass is 35.5. The Morgan fingerprint density at radius 2 is 2.24 bits per heavy atom. The molecule has 1 saturated carbocycles. The smallest absolute Gasteiger partial charge is 0.417 e. The number of halogens is 4. The SMILES string of the molecule is CC1(C(=O)O)CCCC1Nc1ncc(C(F)(F)F)cc1Cl. The van der Waals surface area contributed by atoms with Crippen LogP contribution in [0.4, 0.5) is 19.0 Å². The molecule has 2 unspecified atom stereocenters. The van der Waals surface area contributed by atoms with E-state index in [2.05, 4.69) is 10.3 Å². The molecule has 0 aromatic carbocycles. The lowest BCUT2D eigenvalue weighted by Crippen LogP contribution is -2.40. The third-order valence-corrected chi connectivity index (χ3v) is 4.21. The fourth-order valence-corrected chi connectivity index (χ4v) is 2.74. The molecule has 1 aromatic heterocycles. The zero-order valence-electron chi connectivity index (χ0n) is 11.2.